The van der Waals surface area contributed by atoms with E-state index in [1.54, 1.807) is 56.3 Å². The first-order valence-electron chi connectivity index (χ1n) is 9.95. The summed E-state index contributed by atoms with van der Waals surface area (Å²) < 4.78 is 21.7. The maximum absolute atomic E-state index is 12.4. The highest BCUT2D eigenvalue weighted by atomic mass is 16.5. The van der Waals surface area contributed by atoms with Gasteiger partial charge in [0.1, 0.15) is 30.5 Å². The van der Waals surface area contributed by atoms with Gasteiger partial charge >= 0.3 is 11.9 Å². The summed E-state index contributed by atoms with van der Waals surface area (Å²) in [5.41, 5.74) is 0.684. The number of carbonyl (C=O) groups is 2. The molecule has 6 heteroatoms. The Morgan fingerprint density at radius 3 is 1.94 bits per heavy atom. The first kappa shape index (κ1) is 21.9. The number of hydrogen-bond donors (Lipinski definition) is 0. The van der Waals surface area contributed by atoms with Crippen LogP contribution >= 0.6 is 0 Å². The molecule has 0 aromatic heterocycles. The van der Waals surface area contributed by atoms with Crippen LogP contribution in [-0.4, -0.2) is 31.3 Å². The maximum atomic E-state index is 12.4. The van der Waals surface area contributed by atoms with Crippen LogP contribution in [0.25, 0.3) is 0 Å². The summed E-state index contributed by atoms with van der Waals surface area (Å²) in [6.45, 7) is 4.32. The minimum absolute atomic E-state index is 0.232. The normalized spacial score (nSPS) is 10.4. The average Bonchev–Trinajstić information content (AvgIpc) is 2.77. The van der Waals surface area contributed by atoms with Gasteiger partial charge in [-0.1, -0.05) is 24.3 Å². The Bertz CT molecular complexity index is 996. The van der Waals surface area contributed by atoms with Crippen LogP contribution < -0.4 is 14.2 Å². The molecule has 31 heavy (non-hydrogen) atoms. The SMILES string of the molecule is CC(C)OC(=O)c1cccc(OC(=O)c2ccc(OCCOc3ccccc3)cc2)c1. The van der Waals surface area contributed by atoms with Crippen molar-refractivity contribution in [1.82, 2.24) is 0 Å². The van der Waals surface area contributed by atoms with E-state index in [0.717, 1.165) is 5.75 Å². The molecule has 3 aromatic carbocycles. The quantitative estimate of drug-likeness (QED) is 0.278. The van der Waals surface area contributed by atoms with Gasteiger partial charge < -0.3 is 18.9 Å². The van der Waals surface area contributed by atoms with E-state index in [1.807, 2.05) is 30.3 Å². The molecule has 0 amide bonds. The van der Waals surface area contributed by atoms with Gasteiger partial charge in [-0.2, -0.15) is 0 Å². The summed E-state index contributed by atoms with van der Waals surface area (Å²) in [4.78, 5) is 24.4. The summed E-state index contributed by atoms with van der Waals surface area (Å²) in [5.74, 6) is 0.665. The van der Waals surface area contributed by atoms with Gasteiger partial charge in [0, 0.05) is 0 Å². The van der Waals surface area contributed by atoms with Gasteiger partial charge in [-0.05, 0) is 68.4 Å². The largest absolute Gasteiger partial charge is 0.490 e. The second-order valence-corrected chi connectivity index (χ2v) is 6.91. The fourth-order valence-corrected chi connectivity index (χ4v) is 2.66. The predicted octanol–water partition coefficient (Wildman–Crippen LogP) is 4.93. The molecule has 160 valence electrons. The predicted molar refractivity (Wildman–Crippen MR) is 116 cm³/mol. The van der Waals surface area contributed by atoms with E-state index in [2.05, 4.69) is 0 Å². The fourth-order valence-electron chi connectivity index (χ4n) is 2.66. The lowest BCUT2D eigenvalue weighted by atomic mass is 10.2. The monoisotopic (exact) mass is 420 g/mol. The van der Waals surface area contributed by atoms with Gasteiger partial charge in [0.2, 0.25) is 0 Å². The first-order valence-corrected chi connectivity index (χ1v) is 9.95. The Labute approximate surface area is 181 Å². The molecule has 0 bridgehead atoms. The standard InChI is InChI=1S/C25H24O6/c1-18(2)30-25(27)20-7-6-10-23(17-20)31-24(26)19-11-13-22(14-12-19)29-16-15-28-21-8-4-3-5-9-21/h3-14,17-18H,15-16H2,1-2H3. The molecule has 0 radical (unpaired) electrons. The summed E-state index contributed by atoms with van der Waals surface area (Å²) in [7, 11) is 0. The van der Waals surface area contributed by atoms with Crippen LogP contribution in [0.3, 0.4) is 0 Å². The number of hydrogen-bond acceptors (Lipinski definition) is 6. The molecular weight excluding hydrogens is 396 g/mol. The van der Waals surface area contributed by atoms with Gasteiger partial charge in [0.15, 0.2) is 0 Å². The molecule has 3 rings (SSSR count). The molecule has 0 spiro atoms. The highest BCUT2D eigenvalue weighted by Gasteiger charge is 2.13. The van der Waals surface area contributed by atoms with Crippen molar-refractivity contribution < 1.29 is 28.5 Å². The van der Waals surface area contributed by atoms with Crippen molar-refractivity contribution in [1.29, 1.82) is 0 Å². The molecule has 0 atom stereocenters. The van der Waals surface area contributed by atoms with Crippen LogP contribution in [0.4, 0.5) is 0 Å². The molecule has 3 aromatic rings. The third-order valence-corrected chi connectivity index (χ3v) is 4.08. The van der Waals surface area contributed by atoms with Crippen molar-refractivity contribution in [2.75, 3.05) is 13.2 Å². The average molecular weight is 420 g/mol. The molecule has 0 heterocycles. The Morgan fingerprint density at radius 1 is 0.677 bits per heavy atom. The number of ether oxygens (including phenoxy) is 4. The topological polar surface area (TPSA) is 71.1 Å². The van der Waals surface area contributed by atoms with Crippen LogP contribution in [0, 0.1) is 0 Å². The second kappa shape index (κ2) is 10.8. The Morgan fingerprint density at radius 2 is 1.29 bits per heavy atom. The number of esters is 2. The second-order valence-electron chi connectivity index (χ2n) is 6.91. The van der Waals surface area contributed by atoms with Crippen LogP contribution in [0.2, 0.25) is 0 Å². The van der Waals surface area contributed by atoms with Crippen molar-refractivity contribution in [3.63, 3.8) is 0 Å². The van der Waals surface area contributed by atoms with Crippen molar-refractivity contribution in [2.24, 2.45) is 0 Å². The molecule has 0 saturated heterocycles. The van der Waals surface area contributed by atoms with Crippen molar-refractivity contribution >= 4 is 11.9 Å². The molecule has 6 nitrogen and oxygen atoms in total. The molecule has 0 aliphatic rings. The summed E-state index contributed by atoms with van der Waals surface area (Å²) in [5, 5.41) is 0. The van der Waals surface area contributed by atoms with Crippen molar-refractivity contribution in [3.8, 4) is 17.2 Å². The molecule has 0 aliphatic carbocycles. The van der Waals surface area contributed by atoms with Gasteiger partial charge in [0.05, 0.1) is 17.2 Å². The highest BCUT2D eigenvalue weighted by molar-refractivity contribution is 5.92. The van der Waals surface area contributed by atoms with E-state index in [0.29, 0.717) is 30.1 Å². The van der Waals surface area contributed by atoms with Crippen LogP contribution in [-0.2, 0) is 4.74 Å². The Kier molecular flexibility index (Phi) is 7.65. The first-order chi connectivity index (χ1) is 15.0. The van der Waals surface area contributed by atoms with Crippen molar-refractivity contribution in [3.05, 3.63) is 90.0 Å². The Hall–Kier alpha value is -3.80. The fraction of sp³-hybridized carbons (Fsp3) is 0.200. The van der Waals surface area contributed by atoms with Crippen LogP contribution in [0.1, 0.15) is 34.6 Å². The van der Waals surface area contributed by atoms with Gasteiger partial charge in [-0.25, -0.2) is 9.59 Å². The number of rotatable bonds is 9. The van der Waals surface area contributed by atoms with Crippen LogP contribution in [0.5, 0.6) is 17.2 Å². The number of carbonyl (C=O) groups excluding carboxylic acids is 2. The van der Waals surface area contributed by atoms with E-state index < -0.39 is 11.9 Å². The maximum Gasteiger partial charge on any atom is 0.343 e. The van der Waals surface area contributed by atoms with Crippen LogP contribution in [0.15, 0.2) is 78.9 Å². The minimum Gasteiger partial charge on any atom is -0.490 e. The molecule has 0 unspecified atom stereocenters. The van der Waals surface area contributed by atoms with E-state index in [9.17, 15) is 9.59 Å². The zero-order chi connectivity index (χ0) is 22.1. The molecule has 0 fully saturated rings. The lowest BCUT2D eigenvalue weighted by Gasteiger charge is -2.10. The van der Waals surface area contributed by atoms with Gasteiger partial charge in [-0.3, -0.25) is 0 Å². The molecule has 0 saturated carbocycles. The van der Waals surface area contributed by atoms with Crippen molar-refractivity contribution in [2.45, 2.75) is 20.0 Å². The summed E-state index contributed by atoms with van der Waals surface area (Å²) >= 11 is 0. The zero-order valence-electron chi connectivity index (χ0n) is 17.4. The van der Waals surface area contributed by atoms with E-state index in [1.165, 1.54) is 6.07 Å². The molecule has 0 aliphatic heterocycles. The number of para-hydroxylation sites is 1. The lowest BCUT2D eigenvalue weighted by molar-refractivity contribution is 0.0376. The Balaban J connectivity index is 1.50. The van der Waals surface area contributed by atoms with Gasteiger partial charge in [0.25, 0.3) is 0 Å². The van der Waals surface area contributed by atoms with Gasteiger partial charge in [-0.15, -0.1) is 0 Å². The van der Waals surface area contributed by atoms with E-state index in [-0.39, 0.29) is 11.9 Å². The lowest BCUT2D eigenvalue weighted by Crippen LogP contribution is -2.12. The summed E-state index contributed by atoms with van der Waals surface area (Å²) in [6.07, 6.45) is -0.232. The third-order valence-electron chi connectivity index (χ3n) is 4.08. The summed E-state index contributed by atoms with van der Waals surface area (Å²) in [6, 6.07) is 22.4. The molecule has 0 N–H and O–H groups in total. The zero-order valence-corrected chi connectivity index (χ0v) is 17.4. The third kappa shape index (κ3) is 6.89. The minimum atomic E-state index is -0.534. The highest BCUT2D eigenvalue weighted by Crippen LogP contribution is 2.18. The van der Waals surface area contributed by atoms with E-state index in [4.69, 9.17) is 18.9 Å². The molecular formula is C25H24O6. The smallest absolute Gasteiger partial charge is 0.343 e. The van der Waals surface area contributed by atoms with E-state index >= 15 is 0 Å². The number of benzene rings is 3.